The maximum absolute atomic E-state index is 6.43. The van der Waals surface area contributed by atoms with Gasteiger partial charge in [0.2, 0.25) is 0 Å². The van der Waals surface area contributed by atoms with Gasteiger partial charge in [0.05, 0.1) is 15.7 Å². The molecule has 1 aliphatic carbocycles. The van der Waals surface area contributed by atoms with Gasteiger partial charge in [0.1, 0.15) is 0 Å². The number of halogens is 2. The van der Waals surface area contributed by atoms with Crippen LogP contribution in [0.4, 0.5) is 5.69 Å². The summed E-state index contributed by atoms with van der Waals surface area (Å²) in [6.45, 7) is 7.53. The molecular weight excluding hydrogens is 439 g/mol. The molecule has 3 heterocycles. The maximum Gasteiger partial charge on any atom is 0.0825 e. The number of anilines is 1. The number of allylic oxidation sites excluding steroid dienone is 2. The van der Waals surface area contributed by atoms with Crippen LogP contribution in [0.15, 0.2) is 46.6 Å². The van der Waals surface area contributed by atoms with Crippen LogP contribution >= 0.6 is 23.2 Å². The molecule has 4 aliphatic rings. The zero-order valence-electron chi connectivity index (χ0n) is 18.9. The van der Waals surface area contributed by atoms with E-state index in [1.165, 1.54) is 44.2 Å². The lowest BCUT2D eigenvalue weighted by Crippen LogP contribution is -2.47. The molecule has 0 bridgehead atoms. The van der Waals surface area contributed by atoms with Gasteiger partial charge in [-0.15, -0.1) is 0 Å². The number of rotatable bonds is 5. The number of benzene rings is 1. The average Bonchev–Trinajstić information content (AvgIpc) is 2.85. The van der Waals surface area contributed by atoms with Crippen LogP contribution in [0, 0.1) is 5.92 Å². The van der Waals surface area contributed by atoms with Crippen LogP contribution in [0.1, 0.15) is 38.5 Å². The van der Waals surface area contributed by atoms with Crippen molar-refractivity contribution < 1.29 is 0 Å². The Hall–Kier alpha value is -1.49. The van der Waals surface area contributed by atoms with Crippen LogP contribution in [-0.2, 0) is 0 Å². The first kappa shape index (κ1) is 22.3. The van der Waals surface area contributed by atoms with Gasteiger partial charge in [0.25, 0.3) is 0 Å². The summed E-state index contributed by atoms with van der Waals surface area (Å²) >= 11 is 12.6. The Balaban J connectivity index is 1.06. The predicted octanol–water partition coefficient (Wildman–Crippen LogP) is 5.66. The van der Waals surface area contributed by atoms with E-state index in [-0.39, 0.29) is 0 Å². The van der Waals surface area contributed by atoms with Crippen molar-refractivity contribution in [2.24, 2.45) is 10.9 Å². The second kappa shape index (κ2) is 10.2. The third-order valence-corrected chi connectivity index (χ3v) is 8.55. The molecule has 0 atom stereocenters. The van der Waals surface area contributed by atoms with Crippen LogP contribution in [-0.4, -0.2) is 67.9 Å². The fraction of sp³-hybridized carbons (Fsp3) is 0.577. The number of dihydropyridines is 1. The van der Waals surface area contributed by atoms with Gasteiger partial charge in [0, 0.05) is 69.2 Å². The predicted molar refractivity (Wildman–Crippen MR) is 136 cm³/mol. The van der Waals surface area contributed by atoms with Crippen molar-refractivity contribution in [1.82, 2.24) is 9.80 Å². The number of hydrogen-bond acceptors (Lipinski definition) is 4. The molecule has 4 nitrogen and oxygen atoms in total. The minimum Gasteiger partial charge on any atom is -0.368 e. The lowest BCUT2D eigenvalue weighted by atomic mass is 9.82. The van der Waals surface area contributed by atoms with Crippen LogP contribution in [0.5, 0.6) is 0 Å². The first-order valence-corrected chi connectivity index (χ1v) is 13.0. The standard InChI is InChI=1S/C26H34Cl2N4/c27-23-4-1-5-25(26(23)28)31-17-15-30(16-18-31)14-11-20-6-8-22(9-7-20)32-13-2-3-21-19-29-12-10-24(21)32/h1-5,19-20,22H,6-18H2/t20-,22-. The zero-order valence-corrected chi connectivity index (χ0v) is 20.4. The number of aliphatic imine (C=N–C) groups is 1. The van der Waals surface area contributed by atoms with Crippen molar-refractivity contribution in [3.8, 4) is 0 Å². The monoisotopic (exact) mass is 472 g/mol. The van der Waals surface area contributed by atoms with E-state index in [4.69, 9.17) is 23.2 Å². The third kappa shape index (κ3) is 4.88. The first-order valence-electron chi connectivity index (χ1n) is 12.3. The summed E-state index contributed by atoms with van der Waals surface area (Å²) < 4.78 is 0. The summed E-state index contributed by atoms with van der Waals surface area (Å²) in [6.07, 6.45) is 14.5. The van der Waals surface area contributed by atoms with Gasteiger partial charge in [-0.3, -0.25) is 9.89 Å². The molecule has 172 valence electrons. The Kier molecular flexibility index (Phi) is 7.11. The van der Waals surface area contributed by atoms with E-state index < -0.39 is 0 Å². The summed E-state index contributed by atoms with van der Waals surface area (Å²) in [5, 5.41) is 1.33. The van der Waals surface area contributed by atoms with Crippen LogP contribution in [0.25, 0.3) is 0 Å². The highest BCUT2D eigenvalue weighted by atomic mass is 35.5. The topological polar surface area (TPSA) is 22.1 Å². The molecule has 0 spiro atoms. The van der Waals surface area contributed by atoms with E-state index >= 15 is 0 Å². The van der Waals surface area contributed by atoms with Gasteiger partial charge in [-0.25, -0.2) is 0 Å². The molecule has 0 N–H and O–H groups in total. The Labute approximate surface area is 202 Å². The Morgan fingerprint density at radius 2 is 1.81 bits per heavy atom. The summed E-state index contributed by atoms with van der Waals surface area (Å²) in [5.74, 6) is 0.883. The highest BCUT2D eigenvalue weighted by Gasteiger charge is 2.29. The van der Waals surface area contributed by atoms with Gasteiger partial charge in [0.15, 0.2) is 0 Å². The molecular formula is C26H34Cl2N4. The lowest BCUT2D eigenvalue weighted by Gasteiger charge is -2.42. The summed E-state index contributed by atoms with van der Waals surface area (Å²) in [6, 6.07) is 6.66. The molecule has 2 fully saturated rings. The van der Waals surface area contributed by atoms with E-state index in [0.29, 0.717) is 10.0 Å². The summed E-state index contributed by atoms with van der Waals surface area (Å²) in [4.78, 5) is 12.2. The number of hydrogen-bond donors (Lipinski definition) is 0. The molecule has 6 heteroatoms. The minimum absolute atomic E-state index is 0.645. The maximum atomic E-state index is 6.43. The molecule has 0 amide bonds. The quantitative estimate of drug-likeness (QED) is 0.551. The Morgan fingerprint density at radius 3 is 2.62 bits per heavy atom. The van der Waals surface area contributed by atoms with Crippen LogP contribution in [0.2, 0.25) is 10.0 Å². The van der Waals surface area contributed by atoms with E-state index in [2.05, 4.69) is 44.1 Å². The van der Waals surface area contributed by atoms with Crippen molar-refractivity contribution >= 4 is 35.1 Å². The van der Waals surface area contributed by atoms with Crippen molar-refractivity contribution in [3.63, 3.8) is 0 Å². The molecule has 1 saturated carbocycles. The molecule has 0 unspecified atom stereocenters. The van der Waals surface area contributed by atoms with Gasteiger partial charge >= 0.3 is 0 Å². The molecule has 3 aliphatic heterocycles. The van der Waals surface area contributed by atoms with Crippen LogP contribution < -0.4 is 4.90 Å². The SMILES string of the molecule is Clc1cccc(N2CCN(CC[C@H]3CC[C@H](N4CC=CC5=C4CCN=C5)CC3)CC2)c1Cl. The fourth-order valence-electron chi connectivity index (χ4n) is 5.83. The smallest absolute Gasteiger partial charge is 0.0825 e. The fourth-order valence-corrected chi connectivity index (χ4v) is 6.25. The largest absolute Gasteiger partial charge is 0.368 e. The van der Waals surface area contributed by atoms with Crippen molar-refractivity contribution in [3.05, 3.63) is 51.7 Å². The van der Waals surface area contributed by atoms with Gasteiger partial charge in [-0.1, -0.05) is 41.4 Å². The average molecular weight is 473 g/mol. The highest BCUT2D eigenvalue weighted by molar-refractivity contribution is 6.43. The van der Waals surface area contributed by atoms with Crippen molar-refractivity contribution in [2.75, 3.05) is 50.7 Å². The lowest BCUT2D eigenvalue weighted by molar-refractivity contribution is 0.161. The van der Waals surface area contributed by atoms with Gasteiger partial charge in [-0.2, -0.15) is 0 Å². The summed E-state index contributed by atoms with van der Waals surface area (Å²) in [7, 11) is 0. The molecule has 1 aromatic rings. The Bertz CT molecular complexity index is 889. The van der Waals surface area contributed by atoms with E-state index in [1.807, 2.05) is 12.1 Å². The van der Waals surface area contributed by atoms with Gasteiger partial charge in [-0.05, 0) is 56.7 Å². The molecule has 0 aromatic heterocycles. The first-order chi connectivity index (χ1) is 15.7. The van der Waals surface area contributed by atoms with Gasteiger partial charge < -0.3 is 9.80 Å². The second-order valence-electron chi connectivity index (χ2n) is 9.61. The van der Waals surface area contributed by atoms with Crippen molar-refractivity contribution in [1.29, 1.82) is 0 Å². The summed E-state index contributed by atoms with van der Waals surface area (Å²) in [5.41, 5.74) is 3.97. The van der Waals surface area contributed by atoms with E-state index in [9.17, 15) is 0 Å². The molecule has 32 heavy (non-hydrogen) atoms. The van der Waals surface area contributed by atoms with Crippen molar-refractivity contribution in [2.45, 2.75) is 44.6 Å². The molecule has 0 radical (unpaired) electrons. The zero-order chi connectivity index (χ0) is 21.9. The minimum atomic E-state index is 0.645. The molecule has 1 aromatic carbocycles. The third-order valence-electron chi connectivity index (χ3n) is 7.74. The normalized spacial score (nSPS) is 26.6. The number of piperazine rings is 1. The second-order valence-corrected chi connectivity index (χ2v) is 10.4. The highest BCUT2D eigenvalue weighted by Crippen LogP contribution is 2.35. The van der Waals surface area contributed by atoms with Crippen LogP contribution in [0.3, 0.4) is 0 Å². The molecule has 5 rings (SSSR count). The van der Waals surface area contributed by atoms with E-state index in [1.54, 1.807) is 5.70 Å². The number of nitrogens with zero attached hydrogens (tertiary/aromatic N) is 4. The molecule has 1 saturated heterocycles. The Morgan fingerprint density at radius 1 is 1.00 bits per heavy atom. The van der Waals surface area contributed by atoms with E-state index in [0.717, 1.165) is 63.3 Å².